The molecule has 0 unspecified atom stereocenters. The lowest BCUT2D eigenvalue weighted by Crippen LogP contribution is -2.07. The molecule has 29 heavy (non-hydrogen) atoms. The van der Waals surface area contributed by atoms with Gasteiger partial charge in [0.2, 0.25) is 0 Å². The van der Waals surface area contributed by atoms with Crippen molar-refractivity contribution in [1.29, 1.82) is 5.26 Å². The van der Waals surface area contributed by atoms with Crippen LogP contribution in [0.2, 0.25) is 0 Å². The molecule has 0 amide bonds. The van der Waals surface area contributed by atoms with Crippen LogP contribution in [0.5, 0.6) is 17.2 Å². The van der Waals surface area contributed by atoms with Gasteiger partial charge in [-0.2, -0.15) is 5.26 Å². The number of nitrogens with zero attached hydrogens (tertiary/aromatic N) is 1. The first-order valence-electron chi connectivity index (χ1n) is 9.35. The highest BCUT2D eigenvalue weighted by Crippen LogP contribution is 2.28. The molecule has 0 saturated carbocycles. The summed E-state index contributed by atoms with van der Waals surface area (Å²) in [5.41, 5.74) is 2.07. The summed E-state index contributed by atoms with van der Waals surface area (Å²) in [6, 6.07) is 23.8. The van der Waals surface area contributed by atoms with E-state index >= 15 is 0 Å². The molecule has 0 bridgehead atoms. The zero-order valence-electron chi connectivity index (χ0n) is 16.1. The maximum Gasteiger partial charge on any atom is 0.338 e. The van der Waals surface area contributed by atoms with Crippen LogP contribution < -0.4 is 9.47 Å². The van der Waals surface area contributed by atoms with E-state index in [4.69, 9.17) is 19.5 Å². The van der Waals surface area contributed by atoms with Crippen molar-refractivity contribution >= 4 is 5.97 Å². The summed E-state index contributed by atoms with van der Waals surface area (Å²) in [7, 11) is 0. The van der Waals surface area contributed by atoms with E-state index in [0.29, 0.717) is 35.0 Å². The van der Waals surface area contributed by atoms with Gasteiger partial charge >= 0.3 is 5.97 Å². The Hall–Kier alpha value is -3.78. The van der Waals surface area contributed by atoms with Crippen LogP contribution in [0, 0.1) is 11.3 Å². The smallest absolute Gasteiger partial charge is 0.338 e. The predicted molar refractivity (Wildman–Crippen MR) is 109 cm³/mol. The Labute approximate surface area is 170 Å². The summed E-state index contributed by atoms with van der Waals surface area (Å²) >= 11 is 0. The third-order valence-electron chi connectivity index (χ3n) is 4.11. The molecule has 0 fully saturated rings. The molecule has 0 saturated heterocycles. The van der Waals surface area contributed by atoms with Gasteiger partial charge in [0.05, 0.1) is 30.4 Å². The Morgan fingerprint density at radius 3 is 2.34 bits per heavy atom. The average molecular weight is 387 g/mol. The van der Waals surface area contributed by atoms with Crippen molar-refractivity contribution in [1.82, 2.24) is 0 Å². The van der Waals surface area contributed by atoms with Crippen LogP contribution in [0.1, 0.15) is 28.4 Å². The molecule has 0 aliphatic carbocycles. The first kappa shape index (κ1) is 20.0. The average Bonchev–Trinajstić information content (AvgIpc) is 2.75. The molecular weight excluding hydrogens is 366 g/mol. The van der Waals surface area contributed by atoms with Crippen molar-refractivity contribution in [2.24, 2.45) is 0 Å². The van der Waals surface area contributed by atoms with Gasteiger partial charge in [-0.25, -0.2) is 4.79 Å². The van der Waals surface area contributed by atoms with Crippen molar-refractivity contribution in [2.75, 3.05) is 13.2 Å². The molecule has 3 rings (SSSR count). The number of carbonyl (C=O) groups is 1. The van der Waals surface area contributed by atoms with Crippen LogP contribution in [0.3, 0.4) is 0 Å². The van der Waals surface area contributed by atoms with E-state index in [9.17, 15) is 4.79 Å². The molecule has 0 atom stereocenters. The standard InChI is InChI=1S/C24H21NO4/c1-2-27-24(26)20-14-22(28-13-12-18-6-4-3-5-7-18)16-23(15-20)29-21-10-8-19(17-25)9-11-21/h3-11,14-16H,2,12-13H2,1H3. The molecule has 0 aliphatic rings. The molecule has 0 N–H and O–H groups in total. The quantitative estimate of drug-likeness (QED) is 0.500. The molecule has 146 valence electrons. The van der Waals surface area contributed by atoms with Crippen LogP contribution in [0.25, 0.3) is 0 Å². The van der Waals surface area contributed by atoms with Crippen LogP contribution in [-0.2, 0) is 11.2 Å². The van der Waals surface area contributed by atoms with Gasteiger partial charge < -0.3 is 14.2 Å². The Morgan fingerprint density at radius 2 is 1.66 bits per heavy atom. The zero-order valence-corrected chi connectivity index (χ0v) is 16.1. The summed E-state index contributed by atoms with van der Waals surface area (Å²) < 4.78 is 16.8. The summed E-state index contributed by atoms with van der Waals surface area (Å²) in [6.07, 6.45) is 0.746. The minimum atomic E-state index is -0.439. The van der Waals surface area contributed by atoms with Gasteiger partial charge in [0, 0.05) is 12.5 Å². The number of hydrogen-bond acceptors (Lipinski definition) is 5. The Balaban J connectivity index is 1.76. The van der Waals surface area contributed by atoms with E-state index in [0.717, 1.165) is 6.42 Å². The Morgan fingerprint density at radius 1 is 0.931 bits per heavy atom. The summed E-state index contributed by atoms with van der Waals surface area (Å²) in [5, 5.41) is 8.91. The Kier molecular flexibility index (Phi) is 6.85. The van der Waals surface area contributed by atoms with E-state index in [1.54, 1.807) is 49.4 Å². The van der Waals surface area contributed by atoms with Gasteiger partial charge in [-0.15, -0.1) is 0 Å². The molecule has 0 heterocycles. The fourth-order valence-corrected chi connectivity index (χ4v) is 2.71. The van der Waals surface area contributed by atoms with Gasteiger partial charge in [-0.1, -0.05) is 30.3 Å². The number of esters is 1. The van der Waals surface area contributed by atoms with Crippen LogP contribution in [0.15, 0.2) is 72.8 Å². The molecule has 5 nitrogen and oxygen atoms in total. The fraction of sp³-hybridized carbons (Fsp3) is 0.167. The maximum absolute atomic E-state index is 12.2. The number of rotatable bonds is 8. The van der Waals surface area contributed by atoms with Crippen molar-refractivity contribution < 1.29 is 19.0 Å². The van der Waals surface area contributed by atoms with Crippen LogP contribution in [-0.4, -0.2) is 19.2 Å². The normalized spacial score (nSPS) is 10.1. The largest absolute Gasteiger partial charge is 0.493 e. The van der Waals surface area contributed by atoms with Gasteiger partial charge in [0.15, 0.2) is 0 Å². The molecule has 0 radical (unpaired) electrons. The maximum atomic E-state index is 12.2. The van der Waals surface area contributed by atoms with Gasteiger partial charge in [0.1, 0.15) is 17.2 Å². The van der Waals surface area contributed by atoms with Crippen molar-refractivity contribution in [2.45, 2.75) is 13.3 Å². The van der Waals surface area contributed by atoms with Gasteiger partial charge in [-0.05, 0) is 48.9 Å². The second-order valence-electron chi connectivity index (χ2n) is 6.24. The van der Waals surface area contributed by atoms with E-state index in [2.05, 4.69) is 6.07 Å². The van der Waals surface area contributed by atoms with Crippen molar-refractivity contribution in [3.63, 3.8) is 0 Å². The highest BCUT2D eigenvalue weighted by molar-refractivity contribution is 5.90. The first-order chi connectivity index (χ1) is 14.2. The lowest BCUT2D eigenvalue weighted by Gasteiger charge is -2.12. The molecule has 0 aliphatic heterocycles. The van der Waals surface area contributed by atoms with Crippen LogP contribution >= 0.6 is 0 Å². The van der Waals surface area contributed by atoms with Crippen molar-refractivity contribution in [3.8, 4) is 23.3 Å². The third kappa shape index (κ3) is 5.85. The lowest BCUT2D eigenvalue weighted by atomic mass is 10.1. The summed E-state index contributed by atoms with van der Waals surface area (Å²) in [4.78, 5) is 12.2. The summed E-state index contributed by atoms with van der Waals surface area (Å²) in [5.74, 6) is 1.09. The molecular formula is C24H21NO4. The molecule has 5 heteroatoms. The lowest BCUT2D eigenvalue weighted by molar-refractivity contribution is 0.0525. The molecule has 3 aromatic carbocycles. The van der Waals surface area contributed by atoms with Crippen molar-refractivity contribution in [3.05, 3.63) is 89.5 Å². The zero-order chi connectivity index (χ0) is 20.5. The predicted octanol–water partition coefficient (Wildman–Crippen LogP) is 5.15. The minimum absolute atomic E-state index is 0.281. The third-order valence-corrected chi connectivity index (χ3v) is 4.11. The highest BCUT2D eigenvalue weighted by atomic mass is 16.5. The number of benzene rings is 3. The monoisotopic (exact) mass is 387 g/mol. The van der Waals surface area contributed by atoms with Gasteiger partial charge in [-0.3, -0.25) is 0 Å². The number of nitriles is 1. The number of carbonyl (C=O) groups excluding carboxylic acids is 1. The highest BCUT2D eigenvalue weighted by Gasteiger charge is 2.12. The second kappa shape index (κ2) is 9.95. The van der Waals surface area contributed by atoms with E-state index in [1.165, 1.54) is 5.56 Å². The van der Waals surface area contributed by atoms with E-state index in [1.807, 2.05) is 30.3 Å². The second-order valence-corrected chi connectivity index (χ2v) is 6.24. The number of hydrogen-bond donors (Lipinski definition) is 0. The summed E-state index contributed by atoms with van der Waals surface area (Å²) in [6.45, 7) is 2.50. The van der Waals surface area contributed by atoms with E-state index < -0.39 is 5.97 Å². The van der Waals surface area contributed by atoms with Crippen LogP contribution in [0.4, 0.5) is 0 Å². The molecule has 0 spiro atoms. The fourth-order valence-electron chi connectivity index (χ4n) is 2.71. The molecule has 3 aromatic rings. The number of ether oxygens (including phenoxy) is 3. The van der Waals surface area contributed by atoms with Gasteiger partial charge in [0.25, 0.3) is 0 Å². The molecule has 0 aromatic heterocycles. The first-order valence-corrected chi connectivity index (χ1v) is 9.35. The minimum Gasteiger partial charge on any atom is -0.493 e. The Bertz CT molecular complexity index is 992. The SMILES string of the molecule is CCOC(=O)c1cc(OCCc2ccccc2)cc(Oc2ccc(C#N)cc2)c1. The van der Waals surface area contributed by atoms with E-state index in [-0.39, 0.29) is 6.61 Å². The topological polar surface area (TPSA) is 68.6 Å².